The predicted octanol–water partition coefficient (Wildman–Crippen LogP) is 4.10. The SMILES string of the molecule is Cc1ccc2c(c1)N(Cc1ccc(F)cc1Cl)C(=O)[C@@H](C)O2. The molecule has 1 heterocycles. The Hall–Kier alpha value is -2.07. The molecule has 0 radical (unpaired) electrons. The lowest BCUT2D eigenvalue weighted by Gasteiger charge is -2.33. The Labute approximate surface area is 133 Å². The van der Waals surface area contributed by atoms with Crippen molar-refractivity contribution >= 4 is 23.2 Å². The molecule has 5 heteroatoms. The number of fused-ring (bicyclic) bond motifs is 1. The molecule has 0 unspecified atom stereocenters. The fourth-order valence-electron chi connectivity index (χ4n) is 2.50. The van der Waals surface area contributed by atoms with Crippen LogP contribution in [0.3, 0.4) is 0 Å². The van der Waals surface area contributed by atoms with Gasteiger partial charge in [-0.3, -0.25) is 4.79 Å². The number of aryl methyl sites for hydroxylation is 1. The van der Waals surface area contributed by atoms with Crippen molar-refractivity contribution in [3.63, 3.8) is 0 Å². The molecule has 114 valence electrons. The summed E-state index contributed by atoms with van der Waals surface area (Å²) >= 11 is 6.08. The van der Waals surface area contributed by atoms with Crippen LogP contribution in [0.15, 0.2) is 36.4 Å². The standard InChI is InChI=1S/C17H15ClFNO2/c1-10-3-6-16-15(7-10)20(17(21)11(2)22-16)9-12-4-5-13(19)8-14(12)18/h3-8,11H,9H2,1-2H3/t11-/m1/s1. The number of benzene rings is 2. The van der Waals surface area contributed by atoms with Crippen LogP contribution >= 0.6 is 11.6 Å². The van der Waals surface area contributed by atoms with E-state index in [1.165, 1.54) is 12.1 Å². The molecule has 0 aromatic heterocycles. The second-order valence-corrected chi connectivity index (χ2v) is 5.80. The molecular weight excluding hydrogens is 305 g/mol. The number of carbonyl (C=O) groups is 1. The van der Waals surface area contributed by atoms with Crippen LogP contribution in [0.4, 0.5) is 10.1 Å². The summed E-state index contributed by atoms with van der Waals surface area (Å²) in [5.74, 6) is 0.126. The lowest BCUT2D eigenvalue weighted by molar-refractivity contribution is -0.125. The summed E-state index contributed by atoms with van der Waals surface area (Å²) in [4.78, 5) is 14.1. The van der Waals surface area contributed by atoms with Crippen LogP contribution in [0.1, 0.15) is 18.1 Å². The minimum absolute atomic E-state index is 0.140. The van der Waals surface area contributed by atoms with E-state index in [-0.39, 0.29) is 12.5 Å². The number of carbonyl (C=O) groups excluding carboxylic acids is 1. The lowest BCUT2D eigenvalue weighted by Crippen LogP contribution is -2.44. The number of nitrogens with zero attached hydrogens (tertiary/aromatic N) is 1. The van der Waals surface area contributed by atoms with Crippen molar-refractivity contribution < 1.29 is 13.9 Å². The zero-order valence-corrected chi connectivity index (χ0v) is 13.0. The number of hydrogen-bond donors (Lipinski definition) is 0. The van der Waals surface area contributed by atoms with Crippen molar-refractivity contribution in [2.24, 2.45) is 0 Å². The Kier molecular flexibility index (Phi) is 3.79. The van der Waals surface area contributed by atoms with Gasteiger partial charge >= 0.3 is 0 Å². The Morgan fingerprint density at radius 1 is 1.27 bits per heavy atom. The molecule has 1 aliphatic rings. The molecule has 22 heavy (non-hydrogen) atoms. The molecule has 0 saturated carbocycles. The van der Waals surface area contributed by atoms with E-state index in [9.17, 15) is 9.18 Å². The first-order chi connectivity index (χ1) is 10.5. The highest BCUT2D eigenvalue weighted by atomic mass is 35.5. The molecule has 0 aliphatic carbocycles. The van der Waals surface area contributed by atoms with Crippen molar-refractivity contribution in [2.75, 3.05) is 4.90 Å². The van der Waals surface area contributed by atoms with Crippen LogP contribution in [-0.2, 0) is 11.3 Å². The summed E-state index contributed by atoms with van der Waals surface area (Å²) in [5, 5.41) is 0.307. The maximum Gasteiger partial charge on any atom is 0.268 e. The summed E-state index contributed by atoms with van der Waals surface area (Å²) in [6, 6.07) is 9.88. The van der Waals surface area contributed by atoms with Gasteiger partial charge in [0.15, 0.2) is 6.10 Å². The van der Waals surface area contributed by atoms with Crippen molar-refractivity contribution in [1.82, 2.24) is 0 Å². The maximum atomic E-state index is 13.2. The molecule has 2 aromatic rings. The molecule has 3 nitrogen and oxygen atoms in total. The molecule has 1 amide bonds. The van der Waals surface area contributed by atoms with Gasteiger partial charge in [-0.25, -0.2) is 4.39 Å². The summed E-state index contributed by atoms with van der Waals surface area (Å²) in [6.07, 6.45) is -0.561. The van der Waals surface area contributed by atoms with Gasteiger partial charge in [-0.05, 0) is 49.2 Å². The largest absolute Gasteiger partial charge is 0.479 e. The van der Waals surface area contributed by atoms with Gasteiger partial charge in [0.05, 0.1) is 12.2 Å². The van der Waals surface area contributed by atoms with Crippen LogP contribution in [0.2, 0.25) is 5.02 Å². The zero-order chi connectivity index (χ0) is 15.9. The minimum atomic E-state index is -0.561. The van der Waals surface area contributed by atoms with Crippen molar-refractivity contribution in [3.05, 3.63) is 58.4 Å². The third kappa shape index (κ3) is 2.66. The average molecular weight is 320 g/mol. The van der Waals surface area contributed by atoms with Crippen LogP contribution in [0.5, 0.6) is 5.75 Å². The van der Waals surface area contributed by atoms with E-state index in [1.54, 1.807) is 17.9 Å². The number of hydrogen-bond acceptors (Lipinski definition) is 2. The smallest absolute Gasteiger partial charge is 0.268 e. The van der Waals surface area contributed by atoms with Gasteiger partial charge in [-0.2, -0.15) is 0 Å². The predicted molar refractivity (Wildman–Crippen MR) is 83.9 cm³/mol. The van der Waals surface area contributed by atoms with Gasteiger partial charge in [-0.15, -0.1) is 0 Å². The van der Waals surface area contributed by atoms with Crippen LogP contribution in [0, 0.1) is 12.7 Å². The molecule has 0 bridgehead atoms. The number of anilines is 1. The number of ether oxygens (including phenoxy) is 1. The van der Waals surface area contributed by atoms with E-state index < -0.39 is 11.9 Å². The number of halogens is 2. The Balaban J connectivity index is 2.01. The highest BCUT2D eigenvalue weighted by Gasteiger charge is 2.31. The summed E-state index contributed by atoms with van der Waals surface area (Å²) in [5.41, 5.74) is 2.43. The van der Waals surface area contributed by atoms with E-state index in [1.807, 2.05) is 25.1 Å². The molecule has 0 saturated heterocycles. The van der Waals surface area contributed by atoms with Crippen LogP contribution < -0.4 is 9.64 Å². The molecule has 2 aromatic carbocycles. The Morgan fingerprint density at radius 3 is 2.77 bits per heavy atom. The summed E-state index contributed by atoms with van der Waals surface area (Å²) < 4.78 is 18.8. The van der Waals surface area contributed by atoms with E-state index in [0.29, 0.717) is 22.0 Å². The molecule has 0 N–H and O–H groups in total. The second-order valence-electron chi connectivity index (χ2n) is 5.39. The third-order valence-electron chi connectivity index (χ3n) is 3.67. The fraction of sp³-hybridized carbons (Fsp3) is 0.235. The van der Waals surface area contributed by atoms with Gasteiger partial charge < -0.3 is 9.64 Å². The van der Waals surface area contributed by atoms with Gasteiger partial charge in [0.1, 0.15) is 11.6 Å². The van der Waals surface area contributed by atoms with E-state index in [4.69, 9.17) is 16.3 Å². The monoisotopic (exact) mass is 319 g/mol. The van der Waals surface area contributed by atoms with Crippen molar-refractivity contribution in [1.29, 1.82) is 0 Å². The van der Waals surface area contributed by atoms with Gasteiger partial charge in [0, 0.05) is 5.02 Å². The second kappa shape index (κ2) is 5.61. The molecular formula is C17H15ClFNO2. The summed E-state index contributed by atoms with van der Waals surface area (Å²) in [6.45, 7) is 3.94. The molecule has 1 aliphatic heterocycles. The van der Waals surface area contributed by atoms with E-state index in [0.717, 1.165) is 5.56 Å². The molecule has 0 fully saturated rings. The quantitative estimate of drug-likeness (QED) is 0.834. The van der Waals surface area contributed by atoms with Gasteiger partial charge in [-0.1, -0.05) is 23.7 Å². The van der Waals surface area contributed by atoms with E-state index in [2.05, 4.69) is 0 Å². The van der Waals surface area contributed by atoms with Crippen LogP contribution in [-0.4, -0.2) is 12.0 Å². The van der Waals surface area contributed by atoms with Crippen LogP contribution in [0.25, 0.3) is 0 Å². The number of rotatable bonds is 2. The highest BCUT2D eigenvalue weighted by molar-refractivity contribution is 6.31. The summed E-state index contributed by atoms with van der Waals surface area (Å²) in [7, 11) is 0. The normalized spacial score (nSPS) is 17.2. The number of amides is 1. The van der Waals surface area contributed by atoms with Crippen molar-refractivity contribution in [2.45, 2.75) is 26.5 Å². The molecule has 3 rings (SSSR count). The molecule has 0 spiro atoms. The first kappa shape index (κ1) is 14.9. The first-order valence-corrected chi connectivity index (χ1v) is 7.36. The lowest BCUT2D eigenvalue weighted by atomic mass is 10.1. The minimum Gasteiger partial charge on any atom is -0.479 e. The highest BCUT2D eigenvalue weighted by Crippen LogP contribution is 2.36. The first-order valence-electron chi connectivity index (χ1n) is 6.98. The van der Waals surface area contributed by atoms with E-state index >= 15 is 0 Å². The van der Waals surface area contributed by atoms with Gasteiger partial charge in [0.25, 0.3) is 5.91 Å². The van der Waals surface area contributed by atoms with Gasteiger partial charge in [0.2, 0.25) is 0 Å². The maximum absolute atomic E-state index is 13.2. The fourth-order valence-corrected chi connectivity index (χ4v) is 2.73. The van der Waals surface area contributed by atoms with Crippen molar-refractivity contribution in [3.8, 4) is 5.75 Å². The Bertz CT molecular complexity index is 747. The molecule has 1 atom stereocenters. The Morgan fingerprint density at radius 2 is 2.05 bits per heavy atom. The topological polar surface area (TPSA) is 29.5 Å². The average Bonchev–Trinajstić information content (AvgIpc) is 2.47. The third-order valence-corrected chi connectivity index (χ3v) is 4.02. The zero-order valence-electron chi connectivity index (χ0n) is 12.3.